The molecule has 2 heterocycles. The van der Waals surface area contributed by atoms with Crippen LogP contribution in [0.15, 0.2) is 39.3 Å². The highest BCUT2D eigenvalue weighted by Crippen LogP contribution is 2.39. The Morgan fingerprint density at radius 2 is 1.57 bits per heavy atom. The van der Waals surface area contributed by atoms with Crippen molar-refractivity contribution in [2.75, 3.05) is 6.61 Å². The maximum Gasteiger partial charge on any atom is 0.229 e. The number of rotatable bonds is 3. The highest BCUT2D eigenvalue weighted by Gasteiger charge is 2.45. The fraction of sp³-hybridized carbons (Fsp3) is 0.333. The highest BCUT2D eigenvalue weighted by atomic mass is 79.9. The molecular weight excluding hydrogens is 500 g/mol. The van der Waals surface area contributed by atoms with Crippen molar-refractivity contribution in [2.24, 2.45) is 0 Å². The molecule has 0 aliphatic carbocycles. The monoisotopic (exact) mass is 514 g/mol. The van der Waals surface area contributed by atoms with Crippen molar-refractivity contribution in [3.63, 3.8) is 0 Å². The van der Waals surface area contributed by atoms with Crippen molar-refractivity contribution in [1.82, 2.24) is 9.97 Å². The Morgan fingerprint density at radius 1 is 0.929 bits per heavy atom. The number of benzene rings is 2. The van der Waals surface area contributed by atoms with E-state index in [1.807, 2.05) is 24.3 Å². The van der Waals surface area contributed by atoms with Crippen molar-refractivity contribution >= 4 is 53.9 Å². The van der Waals surface area contributed by atoms with Gasteiger partial charge in [0.15, 0.2) is 5.75 Å². The third-order valence-corrected chi connectivity index (χ3v) is 5.76. The molecular formula is C18H16Br2N2O6. The average Bonchev–Trinajstić information content (AvgIpc) is 2.69. The number of aliphatic hydroxyl groups excluding tert-OH is 4. The summed E-state index contributed by atoms with van der Waals surface area (Å²) < 4.78 is 12.5. The summed E-state index contributed by atoms with van der Waals surface area (Å²) in [7, 11) is 0. The van der Waals surface area contributed by atoms with Crippen LogP contribution in [0.5, 0.6) is 5.75 Å². The molecule has 1 fully saturated rings. The number of hydrogen-bond acceptors (Lipinski definition) is 8. The van der Waals surface area contributed by atoms with Gasteiger partial charge in [0.05, 0.1) is 22.1 Å². The van der Waals surface area contributed by atoms with Crippen LogP contribution in [0.1, 0.15) is 0 Å². The maximum atomic E-state index is 10.3. The second kappa shape index (κ2) is 7.79. The molecule has 28 heavy (non-hydrogen) atoms. The van der Waals surface area contributed by atoms with Gasteiger partial charge in [-0.2, -0.15) is 0 Å². The molecule has 0 bridgehead atoms. The van der Waals surface area contributed by atoms with Gasteiger partial charge in [-0.3, -0.25) is 0 Å². The summed E-state index contributed by atoms with van der Waals surface area (Å²) >= 11 is 6.89. The SMILES string of the molecule is OC[C@H]1O[C@@H](Oc2c(Br)cc(Br)c3nc4ccccc4nc23)[C@H](O)[C@@H](O)[C@@H]1O. The van der Waals surface area contributed by atoms with Crippen molar-refractivity contribution in [2.45, 2.75) is 30.7 Å². The minimum Gasteiger partial charge on any atom is -0.458 e. The Labute approximate surface area is 176 Å². The number of nitrogens with zero attached hydrogens (tertiary/aromatic N) is 2. The van der Waals surface area contributed by atoms with Crippen LogP contribution < -0.4 is 4.74 Å². The first kappa shape index (κ1) is 19.9. The van der Waals surface area contributed by atoms with E-state index in [9.17, 15) is 20.4 Å². The van der Waals surface area contributed by atoms with Crippen molar-refractivity contribution < 1.29 is 29.9 Å². The zero-order valence-electron chi connectivity index (χ0n) is 14.2. The summed E-state index contributed by atoms with van der Waals surface area (Å²) in [6.45, 7) is -0.544. The molecule has 148 valence electrons. The van der Waals surface area contributed by atoms with E-state index in [4.69, 9.17) is 9.47 Å². The van der Waals surface area contributed by atoms with Gasteiger partial charge in [0, 0.05) is 4.47 Å². The van der Waals surface area contributed by atoms with Gasteiger partial charge in [0.2, 0.25) is 6.29 Å². The Balaban J connectivity index is 1.81. The summed E-state index contributed by atoms with van der Waals surface area (Å²) in [6.07, 6.45) is -6.94. The molecule has 0 spiro atoms. The number of hydrogen-bond donors (Lipinski definition) is 4. The van der Waals surface area contributed by atoms with Gasteiger partial charge in [-0.1, -0.05) is 12.1 Å². The number of ether oxygens (including phenoxy) is 2. The van der Waals surface area contributed by atoms with Crippen LogP contribution in [0.3, 0.4) is 0 Å². The lowest BCUT2D eigenvalue weighted by molar-refractivity contribution is -0.277. The first-order valence-electron chi connectivity index (χ1n) is 8.42. The molecule has 1 aliphatic rings. The largest absolute Gasteiger partial charge is 0.458 e. The summed E-state index contributed by atoms with van der Waals surface area (Å²) in [6, 6.07) is 9.09. The number of fused-ring (bicyclic) bond motifs is 2. The first-order valence-corrected chi connectivity index (χ1v) is 10.0. The van der Waals surface area contributed by atoms with Crippen LogP contribution >= 0.6 is 31.9 Å². The van der Waals surface area contributed by atoms with E-state index >= 15 is 0 Å². The Morgan fingerprint density at radius 3 is 2.21 bits per heavy atom. The summed E-state index contributed by atoms with van der Waals surface area (Å²) in [4.78, 5) is 9.22. The Hall–Kier alpha value is -1.40. The maximum absolute atomic E-state index is 10.3. The quantitative estimate of drug-likeness (QED) is 0.387. The third kappa shape index (κ3) is 3.39. The van der Waals surface area contributed by atoms with Crippen LogP contribution in [0.4, 0.5) is 0 Å². The molecule has 10 heteroatoms. The fourth-order valence-electron chi connectivity index (χ4n) is 3.08. The normalized spacial score (nSPS) is 28.0. The molecule has 0 amide bonds. The van der Waals surface area contributed by atoms with Crippen LogP contribution in [-0.4, -0.2) is 67.7 Å². The van der Waals surface area contributed by atoms with Gasteiger partial charge < -0.3 is 29.9 Å². The molecule has 1 aromatic heterocycles. The summed E-state index contributed by atoms with van der Waals surface area (Å²) in [5.74, 6) is 0.251. The van der Waals surface area contributed by atoms with Gasteiger partial charge in [0.1, 0.15) is 35.4 Å². The molecule has 0 unspecified atom stereocenters. The molecule has 5 atom stereocenters. The number of aromatic nitrogens is 2. The van der Waals surface area contributed by atoms with Gasteiger partial charge in [0.25, 0.3) is 0 Å². The van der Waals surface area contributed by atoms with E-state index in [0.29, 0.717) is 31.0 Å². The van der Waals surface area contributed by atoms with E-state index in [1.54, 1.807) is 6.07 Å². The van der Waals surface area contributed by atoms with E-state index in [-0.39, 0.29) is 5.75 Å². The van der Waals surface area contributed by atoms with Crippen LogP contribution in [0, 0.1) is 0 Å². The number of para-hydroxylation sites is 2. The molecule has 8 nitrogen and oxygen atoms in total. The smallest absolute Gasteiger partial charge is 0.229 e. The van der Waals surface area contributed by atoms with Crippen molar-refractivity contribution in [3.8, 4) is 5.75 Å². The fourth-order valence-corrected chi connectivity index (χ4v) is 4.40. The van der Waals surface area contributed by atoms with E-state index in [1.165, 1.54) is 0 Å². The second-order valence-corrected chi connectivity index (χ2v) is 8.10. The number of halogens is 2. The zero-order chi connectivity index (χ0) is 20.0. The van der Waals surface area contributed by atoms with E-state index < -0.39 is 37.3 Å². The third-order valence-electron chi connectivity index (χ3n) is 4.56. The van der Waals surface area contributed by atoms with Gasteiger partial charge in [-0.25, -0.2) is 9.97 Å². The molecule has 0 radical (unpaired) electrons. The highest BCUT2D eigenvalue weighted by molar-refractivity contribution is 9.11. The van der Waals surface area contributed by atoms with Crippen molar-refractivity contribution in [1.29, 1.82) is 0 Å². The molecule has 0 saturated carbocycles. The average molecular weight is 516 g/mol. The topological polar surface area (TPSA) is 125 Å². The summed E-state index contributed by atoms with van der Waals surface area (Å²) in [5, 5.41) is 39.6. The molecule has 4 rings (SSSR count). The molecule has 1 aliphatic heterocycles. The lowest BCUT2D eigenvalue weighted by Crippen LogP contribution is -2.60. The van der Waals surface area contributed by atoms with Crippen molar-refractivity contribution in [3.05, 3.63) is 39.3 Å². The lowest BCUT2D eigenvalue weighted by atomic mass is 9.99. The lowest BCUT2D eigenvalue weighted by Gasteiger charge is -2.39. The van der Waals surface area contributed by atoms with Crippen LogP contribution in [-0.2, 0) is 4.74 Å². The predicted octanol–water partition coefficient (Wildman–Crippen LogP) is 1.49. The Bertz CT molecular complexity index is 1030. The van der Waals surface area contributed by atoms with Gasteiger partial charge in [-0.15, -0.1) is 0 Å². The predicted molar refractivity (Wildman–Crippen MR) is 107 cm³/mol. The summed E-state index contributed by atoms with van der Waals surface area (Å²) in [5.41, 5.74) is 2.31. The second-order valence-electron chi connectivity index (χ2n) is 6.39. The van der Waals surface area contributed by atoms with Gasteiger partial charge in [-0.05, 0) is 50.1 Å². The standard InChI is InChI=1S/C18H16Br2N2O6/c19-7-5-8(20)17(13-12(7)21-9-3-1-2-4-10(9)22-13)28-18-16(26)15(25)14(24)11(6-23)27-18/h1-5,11,14-16,18,23-26H,6H2/t11-,14-,15+,16-,18+/m1/s1. The van der Waals surface area contributed by atoms with Gasteiger partial charge >= 0.3 is 0 Å². The Kier molecular flexibility index (Phi) is 5.53. The molecule has 1 saturated heterocycles. The number of aliphatic hydroxyl groups is 4. The van der Waals surface area contributed by atoms with E-state index in [0.717, 1.165) is 0 Å². The molecule has 4 N–H and O–H groups in total. The molecule has 2 aromatic carbocycles. The van der Waals surface area contributed by atoms with Crippen LogP contribution in [0.2, 0.25) is 0 Å². The minimum atomic E-state index is -1.54. The zero-order valence-corrected chi connectivity index (χ0v) is 17.4. The minimum absolute atomic E-state index is 0.251. The van der Waals surface area contributed by atoms with E-state index in [2.05, 4.69) is 41.8 Å². The first-order chi connectivity index (χ1) is 13.4. The van der Waals surface area contributed by atoms with Crippen LogP contribution in [0.25, 0.3) is 22.1 Å². The molecule has 3 aromatic rings.